The van der Waals surface area contributed by atoms with E-state index in [-0.39, 0.29) is 0 Å². The van der Waals surface area contributed by atoms with Crippen molar-refractivity contribution in [1.29, 1.82) is 0 Å². The van der Waals surface area contributed by atoms with E-state index in [1.807, 2.05) is 0 Å². The van der Waals surface area contributed by atoms with E-state index in [0.29, 0.717) is 0 Å². The van der Waals surface area contributed by atoms with Crippen molar-refractivity contribution in [2.45, 2.75) is 89.0 Å². The average molecular weight is 626 g/mol. The minimum Gasteiger partial charge on any atom is -0.464 e. The Morgan fingerprint density at radius 1 is 0.872 bits per heavy atom. The molecule has 0 aromatic rings. The maximum Gasteiger partial charge on any atom is 0.381 e. The van der Waals surface area contributed by atoms with Crippen molar-refractivity contribution < 1.29 is 66.7 Å². The van der Waals surface area contributed by atoms with Gasteiger partial charge in [-0.2, -0.15) is 0 Å². The molecular formula is C23H32BrNO14. The highest BCUT2D eigenvalue weighted by Crippen LogP contribution is 2.46. The zero-order valence-electron chi connectivity index (χ0n) is 22.7. The summed E-state index contributed by atoms with van der Waals surface area (Å²) in [5, 5.41) is 2.53. The summed E-state index contributed by atoms with van der Waals surface area (Å²) < 4.78 is 37.4. The van der Waals surface area contributed by atoms with Crippen LogP contribution in [0.25, 0.3) is 0 Å². The summed E-state index contributed by atoms with van der Waals surface area (Å²) in [5.41, 5.74) is -2.22. The van der Waals surface area contributed by atoms with Crippen LogP contribution in [0.4, 0.5) is 0 Å². The van der Waals surface area contributed by atoms with Crippen LogP contribution in [0.1, 0.15) is 48.5 Å². The molecular weight excluding hydrogens is 594 g/mol. The molecule has 1 N–H and O–H groups in total. The summed E-state index contributed by atoms with van der Waals surface area (Å²) >= 11 is 3.19. The van der Waals surface area contributed by atoms with E-state index in [1.54, 1.807) is 0 Å². The number of hydrogen-bond acceptors (Lipinski definition) is 14. The van der Waals surface area contributed by atoms with Crippen molar-refractivity contribution in [2.24, 2.45) is 0 Å². The molecule has 0 saturated carbocycles. The molecule has 0 spiro atoms. The highest BCUT2D eigenvalue weighted by Gasteiger charge is 2.70. The Morgan fingerprint density at radius 3 is 1.85 bits per heavy atom. The van der Waals surface area contributed by atoms with E-state index in [1.165, 1.54) is 6.92 Å². The third-order valence-corrected chi connectivity index (χ3v) is 6.48. The number of rotatable bonds is 10. The number of halogens is 1. The number of amides is 1. The first-order valence-corrected chi connectivity index (χ1v) is 12.4. The quantitative estimate of drug-likeness (QED) is 0.191. The summed E-state index contributed by atoms with van der Waals surface area (Å²) in [6, 6.07) is -1.48. The maximum atomic E-state index is 13.1. The molecule has 1 amide bonds. The average Bonchev–Trinajstić information content (AvgIpc) is 2.78. The number of carbonyl (C=O) groups excluding carboxylic acids is 7. The lowest BCUT2D eigenvalue weighted by atomic mass is 9.78. The molecule has 16 heteroatoms. The molecule has 0 bridgehead atoms. The minimum atomic E-state index is -2.70. The predicted molar refractivity (Wildman–Crippen MR) is 130 cm³/mol. The Labute approximate surface area is 232 Å². The van der Waals surface area contributed by atoms with Gasteiger partial charge in [-0.15, -0.1) is 0 Å². The van der Waals surface area contributed by atoms with E-state index in [4.69, 9.17) is 33.2 Å². The second-order valence-electron chi connectivity index (χ2n) is 8.67. The summed E-state index contributed by atoms with van der Waals surface area (Å²) in [7, 11) is 0.959. The van der Waals surface area contributed by atoms with Crippen LogP contribution in [0.3, 0.4) is 0 Å². The van der Waals surface area contributed by atoms with Crippen molar-refractivity contribution in [3.05, 3.63) is 0 Å². The normalized spacial score (nSPS) is 27.6. The zero-order chi connectivity index (χ0) is 30.3. The van der Waals surface area contributed by atoms with E-state index >= 15 is 0 Å². The summed E-state index contributed by atoms with van der Waals surface area (Å²) in [5.74, 6) is -9.22. The van der Waals surface area contributed by atoms with Crippen molar-refractivity contribution in [2.75, 3.05) is 13.7 Å². The zero-order valence-corrected chi connectivity index (χ0v) is 24.3. The molecule has 1 saturated heterocycles. The van der Waals surface area contributed by atoms with Gasteiger partial charge in [0.2, 0.25) is 5.91 Å². The fourth-order valence-corrected chi connectivity index (χ4v) is 4.91. The number of nitrogens with one attached hydrogen (secondary N) is 1. The third kappa shape index (κ3) is 8.36. The highest BCUT2D eigenvalue weighted by molar-refractivity contribution is 9.09. The third-order valence-electron chi connectivity index (χ3n) is 5.36. The van der Waals surface area contributed by atoms with Gasteiger partial charge in [-0.25, -0.2) is 4.79 Å². The Kier molecular flexibility index (Phi) is 11.8. The molecule has 15 nitrogen and oxygen atoms in total. The number of methoxy groups -OCH3 is 1. The summed E-state index contributed by atoms with van der Waals surface area (Å²) in [4.78, 5) is 84.1. The molecule has 0 unspecified atom stereocenters. The lowest BCUT2D eigenvalue weighted by molar-refractivity contribution is -0.330. The number of alkyl halides is 1. The molecule has 0 aromatic heterocycles. The van der Waals surface area contributed by atoms with Crippen molar-refractivity contribution in [1.82, 2.24) is 5.32 Å². The first-order valence-electron chi connectivity index (χ1n) is 11.5. The second kappa shape index (κ2) is 13.7. The van der Waals surface area contributed by atoms with Gasteiger partial charge in [-0.1, -0.05) is 15.9 Å². The topological polar surface area (TPSA) is 196 Å². The van der Waals surface area contributed by atoms with E-state index in [2.05, 4.69) is 21.2 Å². The van der Waals surface area contributed by atoms with Gasteiger partial charge in [0, 0.05) is 41.5 Å². The summed E-state index contributed by atoms with van der Waals surface area (Å²) in [6.45, 7) is 6.74. The first-order chi connectivity index (χ1) is 17.9. The molecule has 0 aliphatic carbocycles. The van der Waals surface area contributed by atoms with Crippen molar-refractivity contribution in [3.63, 3.8) is 0 Å². The monoisotopic (exact) mass is 625 g/mol. The number of ether oxygens (including phenoxy) is 7. The van der Waals surface area contributed by atoms with Gasteiger partial charge in [0.1, 0.15) is 23.1 Å². The standard InChI is InChI=1S/C23H32BrNO14/c1-10(26)25-19-17(36-13(4)29)18(24)23(21(32)33-8,38-15(6)31)39-22(19,7)20(37-14(5)30)16(35-12(3)28)9-34-11(2)27/h16-20H,9H2,1-8H3,(H,25,26)/t16-,17+,18+,19-,20-,22-,23+/m1/s1. The largest absolute Gasteiger partial charge is 0.464 e. The molecule has 0 aromatic carbocycles. The number of esters is 6. The SMILES string of the molecule is COC(=O)[C@@]1(OC(C)=O)O[C@@](C)([C@H](OC(C)=O)[C@@H](COC(C)=O)OC(C)=O)[C@H](NC(C)=O)[C@@H](OC(C)=O)[C@@H]1Br. The van der Waals surface area contributed by atoms with E-state index in [9.17, 15) is 33.6 Å². The van der Waals surface area contributed by atoms with Gasteiger partial charge in [-0.3, -0.25) is 28.8 Å². The van der Waals surface area contributed by atoms with E-state index < -0.39 is 88.9 Å². The Morgan fingerprint density at radius 2 is 1.44 bits per heavy atom. The van der Waals surface area contributed by atoms with Gasteiger partial charge in [0.05, 0.1) is 13.2 Å². The molecule has 0 radical (unpaired) electrons. The van der Waals surface area contributed by atoms with Crippen molar-refractivity contribution >= 4 is 57.7 Å². The first kappa shape index (κ1) is 33.8. The van der Waals surface area contributed by atoms with Crippen LogP contribution in [0.2, 0.25) is 0 Å². The molecule has 1 heterocycles. The molecule has 1 rings (SSSR count). The Balaban J connectivity index is 4.09. The van der Waals surface area contributed by atoms with Gasteiger partial charge >= 0.3 is 41.6 Å². The fraction of sp³-hybridized carbons (Fsp3) is 0.696. The van der Waals surface area contributed by atoms with Crippen LogP contribution in [-0.4, -0.2) is 96.0 Å². The van der Waals surface area contributed by atoms with Crippen LogP contribution in [0.15, 0.2) is 0 Å². The summed E-state index contributed by atoms with van der Waals surface area (Å²) in [6.07, 6.45) is -4.95. The highest BCUT2D eigenvalue weighted by atomic mass is 79.9. The van der Waals surface area contributed by atoms with Crippen molar-refractivity contribution in [3.8, 4) is 0 Å². The van der Waals surface area contributed by atoms with Crippen LogP contribution in [0.5, 0.6) is 0 Å². The lowest BCUT2D eigenvalue weighted by Gasteiger charge is -2.55. The molecule has 7 atom stereocenters. The minimum absolute atomic E-state index is 0.673. The fourth-order valence-electron chi connectivity index (χ4n) is 4.12. The van der Waals surface area contributed by atoms with E-state index in [0.717, 1.165) is 48.7 Å². The van der Waals surface area contributed by atoms with Crippen LogP contribution in [0, 0.1) is 0 Å². The molecule has 1 aliphatic rings. The van der Waals surface area contributed by atoms with Crippen LogP contribution >= 0.6 is 15.9 Å². The number of carbonyl (C=O) groups is 7. The molecule has 1 aliphatic heterocycles. The smallest absolute Gasteiger partial charge is 0.381 e. The van der Waals surface area contributed by atoms with Gasteiger partial charge in [0.25, 0.3) is 0 Å². The van der Waals surface area contributed by atoms with Gasteiger partial charge in [-0.05, 0) is 6.92 Å². The van der Waals surface area contributed by atoms with Crippen LogP contribution < -0.4 is 5.32 Å². The van der Waals surface area contributed by atoms with Gasteiger partial charge in [0.15, 0.2) is 12.2 Å². The number of hydrogen-bond donors (Lipinski definition) is 1. The molecule has 220 valence electrons. The lowest BCUT2D eigenvalue weighted by Crippen LogP contribution is -2.79. The van der Waals surface area contributed by atoms with Crippen LogP contribution in [-0.2, 0) is 66.7 Å². The second-order valence-corrected chi connectivity index (χ2v) is 9.66. The van der Waals surface area contributed by atoms with Gasteiger partial charge < -0.3 is 38.5 Å². The maximum absolute atomic E-state index is 13.1. The Bertz CT molecular complexity index is 1000. The Hall–Kier alpha value is -3.27. The predicted octanol–water partition coefficient (Wildman–Crippen LogP) is -0.166. The molecule has 1 fully saturated rings. The molecule has 39 heavy (non-hydrogen) atoms.